The Morgan fingerprint density at radius 3 is 2.63 bits per heavy atom. The molecule has 2 aromatic carbocycles. The molecule has 0 N–H and O–H groups in total. The highest BCUT2D eigenvalue weighted by Crippen LogP contribution is 2.44. The quantitative estimate of drug-likeness (QED) is 0.260. The summed E-state index contributed by atoms with van der Waals surface area (Å²) in [6, 6.07) is 14.9. The summed E-state index contributed by atoms with van der Waals surface area (Å²) in [7, 11) is 1.43. The van der Waals surface area contributed by atoms with Crippen molar-refractivity contribution in [1.82, 2.24) is 14.8 Å². The van der Waals surface area contributed by atoms with Crippen LogP contribution < -0.4 is 19.1 Å². The topological polar surface area (TPSA) is 78.7 Å². The van der Waals surface area contributed by atoms with Gasteiger partial charge in [0.15, 0.2) is 17.2 Å². The van der Waals surface area contributed by atoms with Gasteiger partial charge < -0.3 is 19.1 Å². The van der Waals surface area contributed by atoms with Gasteiger partial charge in [0.05, 0.1) is 11.4 Å². The number of pyridine rings is 1. The summed E-state index contributed by atoms with van der Waals surface area (Å²) in [5.74, 6) is -0.690. The number of ether oxygens (including phenoxy) is 3. The molecule has 0 saturated heterocycles. The molecule has 0 spiro atoms. The summed E-state index contributed by atoms with van der Waals surface area (Å²) in [5, 5.41) is 3.95. The number of aromatic nitrogens is 3. The molecule has 3 heterocycles. The first-order chi connectivity index (χ1) is 19.5. The van der Waals surface area contributed by atoms with Crippen molar-refractivity contribution >= 4 is 11.6 Å². The Morgan fingerprint density at radius 1 is 1.07 bits per heavy atom. The monoisotopic (exact) mass is 572 g/mol. The number of anilines is 1. The zero-order valence-electron chi connectivity index (χ0n) is 21.4. The molecule has 1 aliphatic carbocycles. The van der Waals surface area contributed by atoms with Crippen molar-refractivity contribution in [3.63, 3.8) is 0 Å². The molecular formula is C28H21F5N4O4. The lowest BCUT2D eigenvalue weighted by Crippen LogP contribution is -2.26. The first-order valence-electron chi connectivity index (χ1n) is 12.6. The van der Waals surface area contributed by atoms with E-state index in [4.69, 9.17) is 4.74 Å². The summed E-state index contributed by atoms with van der Waals surface area (Å²) in [6.07, 6.45) is -6.68. The van der Waals surface area contributed by atoms with Gasteiger partial charge in [0.1, 0.15) is 6.10 Å². The lowest BCUT2D eigenvalue weighted by atomic mass is 9.93. The minimum absolute atomic E-state index is 0.0377. The number of fused-ring (bicyclic) bond motifs is 2. The second-order valence-corrected chi connectivity index (χ2v) is 9.50. The summed E-state index contributed by atoms with van der Waals surface area (Å²) in [5.41, 5.74) is -0.144. The Morgan fingerprint density at radius 2 is 1.88 bits per heavy atom. The third kappa shape index (κ3) is 5.03. The first-order valence-corrected chi connectivity index (χ1v) is 12.6. The average molecular weight is 572 g/mol. The van der Waals surface area contributed by atoms with Gasteiger partial charge in [0, 0.05) is 42.2 Å². The van der Waals surface area contributed by atoms with Crippen LogP contribution in [0.4, 0.5) is 27.6 Å². The number of benzene rings is 2. The van der Waals surface area contributed by atoms with Crippen LogP contribution in [0.3, 0.4) is 0 Å². The largest absolute Gasteiger partial charge is 0.586 e. The maximum absolute atomic E-state index is 14.0. The molecule has 1 aliphatic heterocycles. The van der Waals surface area contributed by atoms with Crippen LogP contribution in [0.1, 0.15) is 46.3 Å². The standard InChI is InChI=1S/C28H21F5N4O4/c1-36(17-11-12-20-22(15-17)41-28(32,33)40-20)26(38)16-6-4-7-18(14-16)37-24-19(25(35-37)27(29,30)31)8-5-9-21(24)39-23-10-2-3-13-34-23/h2-4,6-7,10-15,21H,5,8-9H2,1H3. The molecule has 212 valence electrons. The molecule has 4 aromatic rings. The molecule has 2 aliphatic rings. The highest BCUT2D eigenvalue weighted by Gasteiger charge is 2.44. The Labute approximate surface area is 229 Å². The summed E-state index contributed by atoms with van der Waals surface area (Å²) in [6.45, 7) is 0. The fourth-order valence-electron chi connectivity index (χ4n) is 4.97. The lowest BCUT2D eigenvalue weighted by molar-refractivity contribution is -0.286. The van der Waals surface area contributed by atoms with E-state index in [0.717, 1.165) is 0 Å². The molecular weight excluding hydrogens is 551 g/mol. The molecule has 0 radical (unpaired) electrons. The lowest BCUT2D eigenvalue weighted by Gasteiger charge is -2.25. The SMILES string of the molecule is CN(C(=O)c1cccc(-n2nc(C(F)(F)F)c3c2C(Oc2ccccn2)CCC3)c1)c1ccc2c(c1)OC(F)(F)O2. The molecule has 1 amide bonds. The Balaban J connectivity index is 1.36. The van der Waals surface area contributed by atoms with Gasteiger partial charge in [0.2, 0.25) is 5.88 Å². The van der Waals surface area contributed by atoms with E-state index in [2.05, 4.69) is 19.6 Å². The van der Waals surface area contributed by atoms with Crippen LogP contribution in [0.5, 0.6) is 17.4 Å². The van der Waals surface area contributed by atoms with E-state index in [1.165, 1.54) is 59.2 Å². The highest BCUT2D eigenvalue weighted by atomic mass is 19.4. The zero-order valence-corrected chi connectivity index (χ0v) is 21.4. The first kappa shape index (κ1) is 26.5. The molecule has 0 saturated carbocycles. The third-order valence-electron chi connectivity index (χ3n) is 6.81. The number of carbonyl (C=O) groups is 1. The predicted octanol–water partition coefficient (Wildman–Crippen LogP) is 6.34. The molecule has 8 nitrogen and oxygen atoms in total. The van der Waals surface area contributed by atoms with Crippen molar-refractivity contribution in [2.24, 2.45) is 0 Å². The third-order valence-corrected chi connectivity index (χ3v) is 6.81. The van der Waals surface area contributed by atoms with Crippen LogP contribution in [-0.2, 0) is 12.6 Å². The number of hydrogen-bond donors (Lipinski definition) is 0. The van der Waals surface area contributed by atoms with Crippen LogP contribution in [0.2, 0.25) is 0 Å². The minimum Gasteiger partial charge on any atom is -0.468 e. The van der Waals surface area contributed by atoms with E-state index in [-0.39, 0.29) is 52.0 Å². The van der Waals surface area contributed by atoms with E-state index in [0.29, 0.717) is 12.8 Å². The molecule has 1 atom stereocenters. The summed E-state index contributed by atoms with van der Waals surface area (Å²) >= 11 is 0. The van der Waals surface area contributed by atoms with Crippen LogP contribution in [-0.4, -0.2) is 34.0 Å². The van der Waals surface area contributed by atoms with Gasteiger partial charge in [-0.25, -0.2) is 9.67 Å². The van der Waals surface area contributed by atoms with E-state index in [9.17, 15) is 26.7 Å². The fourth-order valence-corrected chi connectivity index (χ4v) is 4.97. The number of rotatable bonds is 5. The maximum atomic E-state index is 14.0. The van der Waals surface area contributed by atoms with Crippen LogP contribution in [0, 0.1) is 0 Å². The predicted molar refractivity (Wildman–Crippen MR) is 134 cm³/mol. The molecule has 13 heteroatoms. The number of carbonyl (C=O) groups excluding carboxylic acids is 1. The van der Waals surface area contributed by atoms with Crippen LogP contribution >= 0.6 is 0 Å². The smallest absolute Gasteiger partial charge is 0.468 e. The average Bonchev–Trinajstić information content (AvgIpc) is 3.49. The fraction of sp³-hybridized carbons (Fsp3) is 0.250. The molecule has 41 heavy (non-hydrogen) atoms. The Kier molecular flexibility index (Phi) is 6.31. The normalized spacial score (nSPS) is 17.2. The number of hydrogen-bond acceptors (Lipinski definition) is 6. The molecule has 0 fully saturated rings. The van der Waals surface area contributed by atoms with Crippen molar-refractivity contribution < 1.29 is 41.0 Å². The van der Waals surface area contributed by atoms with Crippen LogP contribution in [0.15, 0.2) is 66.9 Å². The van der Waals surface area contributed by atoms with E-state index >= 15 is 0 Å². The van der Waals surface area contributed by atoms with Gasteiger partial charge in [-0.3, -0.25) is 4.79 Å². The van der Waals surface area contributed by atoms with Crippen LogP contribution in [0.25, 0.3) is 5.69 Å². The number of alkyl halides is 5. The second kappa shape index (κ2) is 9.75. The van der Waals surface area contributed by atoms with Gasteiger partial charge in [-0.05, 0) is 55.7 Å². The van der Waals surface area contributed by atoms with Gasteiger partial charge in [0.25, 0.3) is 5.91 Å². The minimum atomic E-state index is -4.70. The van der Waals surface area contributed by atoms with Crippen molar-refractivity contribution in [2.75, 3.05) is 11.9 Å². The molecule has 1 unspecified atom stereocenters. The van der Waals surface area contributed by atoms with Crippen molar-refractivity contribution in [1.29, 1.82) is 0 Å². The van der Waals surface area contributed by atoms with Gasteiger partial charge in [-0.15, -0.1) is 8.78 Å². The Hall–Kier alpha value is -4.68. The highest BCUT2D eigenvalue weighted by molar-refractivity contribution is 6.06. The Bertz CT molecular complexity index is 1620. The number of nitrogens with zero attached hydrogens (tertiary/aromatic N) is 4. The van der Waals surface area contributed by atoms with Crippen molar-refractivity contribution in [2.45, 2.75) is 37.8 Å². The van der Waals surface area contributed by atoms with E-state index < -0.39 is 30.2 Å². The molecule has 0 bridgehead atoms. The number of amides is 1. The van der Waals surface area contributed by atoms with E-state index in [1.807, 2.05) is 0 Å². The van der Waals surface area contributed by atoms with Crippen molar-refractivity contribution in [3.05, 3.63) is 89.4 Å². The van der Waals surface area contributed by atoms with Gasteiger partial charge in [-0.1, -0.05) is 12.1 Å². The number of halogens is 5. The molecule has 2 aromatic heterocycles. The van der Waals surface area contributed by atoms with E-state index in [1.54, 1.807) is 24.3 Å². The second-order valence-electron chi connectivity index (χ2n) is 9.50. The van der Waals surface area contributed by atoms with Crippen molar-refractivity contribution in [3.8, 4) is 23.1 Å². The summed E-state index contributed by atoms with van der Waals surface area (Å²) < 4.78 is 85.0. The molecule has 6 rings (SSSR count). The van der Waals surface area contributed by atoms with Gasteiger partial charge in [-0.2, -0.15) is 18.3 Å². The van der Waals surface area contributed by atoms with Gasteiger partial charge >= 0.3 is 12.5 Å². The maximum Gasteiger partial charge on any atom is 0.586 e. The zero-order chi connectivity index (χ0) is 28.9. The summed E-state index contributed by atoms with van der Waals surface area (Å²) in [4.78, 5) is 18.7.